The molecule has 1 saturated heterocycles. The van der Waals surface area contributed by atoms with Crippen molar-refractivity contribution in [3.05, 3.63) is 94.6 Å². The number of nitrogens with one attached hydrogen (secondary N) is 3. The molecule has 2 bridgehead atoms. The van der Waals surface area contributed by atoms with Crippen molar-refractivity contribution in [2.75, 3.05) is 27.3 Å². The number of alkyl carbamates (subject to hydrolysis) is 2. The smallest absolute Gasteiger partial charge is 0.407 e. The topological polar surface area (TPSA) is 168 Å². The molecular formula is C47H55N7O7. The molecule has 8 rings (SSSR count). The summed E-state index contributed by atoms with van der Waals surface area (Å²) in [7, 11) is 2.58. The third-order valence-electron chi connectivity index (χ3n) is 12.5. The first-order valence-corrected chi connectivity index (χ1v) is 21.1. The third kappa shape index (κ3) is 7.89. The Balaban J connectivity index is 1.00. The first-order valence-electron chi connectivity index (χ1n) is 21.1. The minimum atomic E-state index is -0.739. The van der Waals surface area contributed by atoms with Gasteiger partial charge in [-0.05, 0) is 77.5 Å². The van der Waals surface area contributed by atoms with Crippen LogP contribution in [0.25, 0.3) is 28.0 Å². The number of aliphatic imine (C=N–C) groups is 1. The number of nitrogens with zero attached hydrogens (tertiary/aromatic N) is 4. The van der Waals surface area contributed by atoms with Crippen molar-refractivity contribution in [2.45, 2.75) is 97.2 Å². The Hall–Kier alpha value is -6.02. The first kappa shape index (κ1) is 41.7. The zero-order chi connectivity index (χ0) is 43.3. The van der Waals surface area contributed by atoms with Gasteiger partial charge in [-0.25, -0.2) is 14.6 Å². The maximum absolute atomic E-state index is 13.9. The summed E-state index contributed by atoms with van der Waals surface area (Å²) < 4.78 is 16.2. The fraction of sp³-hybridized carbons (Fsp3) is 0.447. The molecule has 0 saturated carbocycles. The van der Waals surface area contributed by atoms with E-state index in [4.69, 9.17) is 24.2 Å². The van der Waals surface area contributed by atoms with Crippen molar-refractivity contribution in [3.8, 4) is 22.4 Å². The molecule has 1 aromatic heterocycles. The van der Waals surface area contributed by atoms with Gasteiger partial charge in [-0.3, -0.25) is 14.6 Å². The molecule has 2 unspecified atom stereocenters. The van der Waals surface area contributed by atoms with Crippen LogP contribution >= 0.6 is 0 Å². The highest BCUT2D eigenvalue weighted by molar-refractivity contribution is 6.05. The van der Waals surface area contributed by atoms with Gasteiger partial charge in [-0.1, -0.05) is 87.4 Å². The van der Waals surface area contributed by atoms with Gasteiger partial charge < -0.3 is 39.6 Å². The second kappa shape index (κ2) is 16.8. The quantitative estimate of drug-likeness (QED) is 0.166. The van der Waals surface area contributed by atoms with E-state index in [2.05, 4.69) is 58.1 Å². The summed E-state index contributed by atoms with van der Waals surface area (Å²) in [6, 6.07) is 10.7. The summed E-state index contributed by atoms with van der Waals surface area (Å²) in [5.74, 6) is 0.0232. The van der Waals surface area contributed by atoms with Crippen molar-refractivity contribution in [3.63, 3.8) is 0 Å². The highest BCUT2D eigenvalue weighted by Crippen LogP contribution is 2.56. The molecule has 14 nitrogen and oxygen atoms in total. The zero-order valence-corrected chi connectivity index (χ0v) is 36.1. The number of carbonyl (C=O) groups is 4. The Labute approximate surface area is 356 Å². The van der Waals surface area contributed by atoms with Crippen LogP contribution < -0.4 is 10.6 Å². The Kier molecular flexibility index (Phi) is 11.5. The zero-order valence-electron chi connectivity index (χ0n) is 36.1. The van der Waals surface area contributed by atoms with Crippen LogP contribution in [0.2, 0.25) is 0 Å². The summed E-state index contributed by atoms with van der Waals surface area (Å²) in [6.07, 6.45) is 9.17. The van der Waals surface area contributed by atoms with E-state index in [1.54, 1.807) is 11.1 Å². The van der Waals surface area contributed by atoms with Gasteiger partial charge in [-0.15, -0.1) is 0 Å². The molecule has 5 aliphatic rings. The van der Waals surface area contributed by atoms with E-state index in [0.29, 0.717) is 25.3 Å². The van der Waals surface area contributed by atoms with Crippen LogP contribution in [0.5, 0.6) is 0 Å². The molecule has 6 heterocycles. The van der Waals surface area contributed by atoms with Crippen molar-refractivity contribution in [1.29, 1.82) is 0 Å². The minimum absolute atomic E-state index is 0.0114. The third-order valence-corrected chi connectivity index (χ3v) is 12.5. The van der Waals surface area contributed by atoms with E-state index in [0.717, 1.165) is 63.2 Å². The Bertz CT molecular complexity index is 2370. The van der Waals surface area contributed by atoms with Gasteiger partial charge in [-0.2, -0.15) is 0 Å². The molecule has 5 aliphatic heterocycles. The van der Waals surface area contributed by atoms with Crippen LogP contribution in [-0.2, 0) is 23.8 Å². The molecule has 6 atom stereocenters. The second-order valence-electron chi connectivity index (χ2n) is 17.5. The number of hydrogen-bond acceptors (Lipinski definition) is 9. The number of amides is 4. The number of fused-ring (bicyclic) bond motifs is 5. The summed E-state index contributed by atoms with van der Waals surface area (Å²) in [5.41, 5.74) is 11.7. The largest absolute Gasteiger partial charge is 0.453 e. The second-order valence-corrected chi connectivity index (χ2v) is 17.5. The van der Waals surface area contributed by atoms with Gasteiger partial charge in [0.05, 0.1) is 44.4 Å². The highest BCUT2D eigenvalue weighted by atomic mass is 16.5. The lowest BCUT2D eigenvalue weighted by Crippen LogP contribution is -2.54. The van der Waals surface area contributed by atoms with Crippen LogP contribution in [0, 0.1) is 11.8 Å². The van der Waals surface area contributed by atoms with E-state index in [1.165, 1.54) is 25.3 Å². The minimum Gasteiger partial charge on any atom is -0.453 e. The van der Waals surface area contributed by atoms with Gasteiger partial charge in [0.25, 0.3) is 0 Å². The molecule has 1 fully saturated rings. The Morgan fingerprint density at radius 2 is 1.28 bits per heavy atom. The van der Waals surface area contributed by atoms with E-state index in [9.17, 15) is 19.2 Å². The highest BCUT2D eigenvalue weighted by Gasteiger charge is 2.43. The average Bonchev–Trinajstić information content (AvgIpc) is 4.12. The number of H-pyrrole nitrogens is 1. The van der Waals surface area contributed by atoms with Crippen LogP contribution in [-0.4, -0.2) is 94.9 Å². The number of benzene rings is 2. The standard InChI is InChI=1S/C47H55N7O7/c1-24(2)41(51-46(57)59-7)44(55)53-22-26(5)17-35(53)33-19-30(20-48-33)32-14-13-31(39-37-15-16-38(61-37)40(32)39)28-9-11-29(12-10-28)34-21-49-43(50-34)36-18-27(6)23-54(36)45(56)42(25(3)4)52-47(58)60-8/h9-14,17-18,20-21,24-25,35-38,41-42H,15-16,19,22-23H2,1-8H3,(H,49,50)(H,51,57)(H,52,58)/t35-,36-,37?,38?,41-,42-/m0/s1. The predicted octanol–water partition coefficient (Wildman–Crippen LogP) is 7.58. The molecule has 3 N–H and O–H groups in total. The number of methoxy groups -OCH3 is 2. The number of ether oxygens (including phenoxy) is 3. The van der Waals surface area contributed by atoms with E-state index in [-0.39, 0.29) is 41.9 Å². The lowest BCUT2D eigenvalue weighted by atomic mass is 9.81. The Morgan fingerprint density at radius 1 is 0.754 bits per heavy atom. The molecule has 320 valence electrons. The van der Waals surface area contributed by atoms with Crippen LogP contribution in [0.1, 0.15) is 102 Å². The molecule has 3 aromatic rings. The Morgan fingerprint density at radius 3 is 1.85 bits per heavy atom. The van der Waals surface area contributed by atoms with E-state index >= 15 is 0 Å². The lowest BCUT2D eigenvalue weighted by molar-refractivity contribution is -0.135. The molecule has 0 aliphatic carbocycles. The molecule has 61 heavy (non-hydrogen) atoms. The van der Waals surface area contributed by atoms with E-state index < -0.39 is 30.3 Å². The maximum Gasteiger partial charge on any atom is 0.407 e. The van der Waals surface area contributed by atoms with Crippen molar-refractivity contribution < 1.29 is 33.4 Å². The number of carbonyl (C=O) groups excluding carboxylic acids is 4. The monoisotopic (exact) mass is 829 g/mol. The van der Waals surface area contributed by atoms with Crippen molar-refractivity contribution >= 4 is 35.3 Å². The summed E-state index contributed by atoms with van der Waals surface area (Å²) in [6.45, 7) is 12.5. The summed E-state index contributed by atoms with van der Waals surface area (Å²) in [5, 5.41) is 5.44. The molecule has 4 amide bonds. The fourth-order valence-corrected chi connectivity index (χ4v) is 9.43. The molecular weight excluding hydrogens is 775 g/mol. The van der Waals surface area contributed by atoms with Gasteiger partial charge in [0.15, 0.2) is 0 Å². The number of allylic oxidation sites excluding steroid dienone is 1. The number of rotatable bonds is 11. The number of aromatic nitrogens is 2. The van der Waals surface area contributed by atoms with Gasteiger partial charge in [0, 0.05) is 31.4 Å². The predicted molar refractivity (Wildman–Crippen MR) is 231 cm³/mol. The van der Waals surface area contributed by atoms with Crippen LogP contribution in [0.4, 0.5) is 9.59 Å². The van der Waals surface area contributed by atoms with Crippen molar-refractivity contribution in [1.82, 2.24) is 30.4 Å². The van der Waals surface area contributed by atoms with Crippen molar-refractivity contribution in [2.24, 2.45) is 16.8 Å². The van der Waals surface area contributed by atoms with Gasteiger partial charge >= 0.3 is 12.2 Å². The SMILES string of the molecule is COC(=O)N[C@H](C(=O)N1CC(C)=C[C@H]1C1=NC=C(c2ccc(-c3ccc(-c4cnc([C@@H]5C=C(C)CN5C(=O)[C@@H](NC(=O)OC)C(C)C)[nH]4)cc3)c3c2C2CCC3O2)C1)C(C)C. The maximum atomic E-state index is 13.9. The molecule has 2 aromatic carbocycles. The number of hydrogen-bond donors (Lipinski definition) is 3. The summed E-state index contributed by atoms with van der Waals surface area (Å²) >= 11 is 0. The lowest BCUT2D eigenvalue weighted by Gasteiger charge is -2.31. The first-order chi connectivity index (χ1) is 29.3. The number of aromatic amines is 1. The molecule has 0 spiro atoms. The van der Waals surface area contributed by atoms with Gasteiger partial charge in [0.2, 0.25) is 11.8 Å². The van der Waals surface area contributed by atoms with Crippen LogP contribution in [0.15, 0.2) is 77.1 Å². The average molecular weight is 830 g/mol. The number of imidazole rings is 1. The van der Waals surface area contributed by atoms with Gasteiger partial charge in [0.1, 0.15) is 23.9 Å². The van der Waals surface area contributed by atoms with Crippen LogP contribution in [0.3, 0.4) is 0 Å². The summed E-state index contributed by atoms with van der Waals surface area (Å²) in [4.78, 5) is 68.5. The fourth-order valence-electron chi connectivity index (χ4n) is 9.43. The van der Waals surface area contributed by atoms with E-state index in [1.807, 2.05) is 58.7 Å². The normalized spacial score (nSPS) is 22.5. The molecule has 14 heteroatoms. The molecule has 0 radical (unpaired) electrons.